The van der Waals surface area contributed by atoms with Crippen LogP contribution >= 0.6 is 34.0 Å². The molecule has 0 unspecified atom stereocenters. The van der Waals surface area contributed by atoms with Crippen LogP contribution in [0.25, 0.3) is 99.1 Å². The summed E-state index contributed by atoms with van der Waals surface area (Å²) in [6.45, 7) is 13.9. The molecule has 0 radical (unpaired) electrons. The molecule has 1 aliphatic rings. The fourth-order valence-corrected chi connectivity index (χ4v) is 13.9. The normalized spacial score (nSPS) is 13.1. The van der Waals surface area contributed by atoms with Gasteiger partial charge >= 0.3 is 0 Å². The molecule has 4 aromatic heterocycles. The lowest BCUT2D eigenvalue weighted by molar-refractivity contribution is 0.590. The highest BCUT2D eigenvalue weighted by Crippen LogP contribution is 2.51. The average Bonchev–Trinajstić information content (AvgIpc) is 4.01. The van der Waals surface area contributed by atoms with E-state index in [2.05, 4.69) is 191 Å². The van der Waals surface area contributed by atoms with Crippen LogP contribution in [0.1, 0.15) is 52.7 Å². The van der Waals surface area contributed by atoms with Crippen LogP contribution in [0.5, 0.6) is 0 Å². The van der Waals surface area contributed by atoms with Crippen LogP contribution in [0.15, 0.2) is 140 Å². The minimum Gasteiger partial charge on any atom is -0.355 e. The highest BCUT2D eigenvalue weighted by Gasteiger charge is 2.32. The molecular weight excluding hydrogens is 808 g/mol. The SMILES string of the molecule is CC(C)(C)c1ccc(Nc2cc3sc4ccccc4c3cc2-c2c3c4c(c5cc(C(C)(C)C)ccc5n4-c4cc5c(cc4B3)sc3ccccc35)c3c2sc2ccccc23)cc1. The third kappa shape index (κ3) is 5.27. The van der Waals surface area contributed by atoms with Crippen molar-refractivity contribution in [3.8, 4) is 16.8 Å². The molecule has 12 aromatic rings. The number of aromatic nitrogens is 1. The van der Waals surface area contributed by atoms with Crippen LogP contribution < -0.4 is 16.2 Å². The number of hydrogen-bond donors (Lipinski definition) is 1. The number of hydrogen-bond acceptors (Lipinski definition) is 4. The van der Waals surface area contributed by atoms with Crippen LogP contribution in [-0.4, -0.2) is 11.8 Å². The summed E-state index contributed by atoms with van der Waals surface area (Å²) in [5.74, 6) is 0. The summed E-state index contributed by atoms with van der Waals surface area (Å²) in [6, 6.07) is 53.4. The van der Waals surface area contributed by atoms with Crippen molar-refractivity contribution in [2.45, 2.75) is 52.4 Å². The molecule has 8 aromatic carbocycles. The monoisotopic (exact) mass is 850 g/mol. The first kappa shape index (κ1) is 36.7. The summed E-state index contributed by atoms with van der Waals surface area (Å²) in [5, 5.41) is 14.8. The van der Waals surface area contributed by atoms with Crippen molar-refractivity contribution in [2.75, 3.05) is 5.32 Å². The highest BCUT2D eigenvalue weighted by atomic mass is 32.1. The lowest BCUT2D eigenvalue weighted by Crippen LogP contribution is -2.37. The minimum absolute atomic E-state index is 0.00539. The Balaban J connectivity index is 1.20. The lowest BCUT2D eigenvalue weighted by Gasteiger charge is -2.25. The largest absolute Gasteiger partial charge is 0.355 e. The maximum Gasteiger partial charge on any atom is 0.198 e. The van der Waals surface area contributed by atoms with E-state index >= 15 is 0 Å². The van der Waals surface area contributed by atoms with Gasteiger partial charge in [-0.1, -0.05) is 120 Å². The van der Waals surface area contributed by atoms with Crippen molar-refractivity contribution in [2.24, 2.45) is 0 Å². The second-order valence-corrected chi connectivity index (χ2v) is 22.6. The topological polar surface area (TPSA) is 17.0 Å². The molecule has 0 spiro atoms. The van der Waals surface area contributed by atoms with Crippen LogP contribution in [0, 0.1) is 0 Å². The molecule has 1 aliphatic heterocycles. The van der Waals surface area contributed by atoms with Gasteiger partial charge in [0, 0.05) is 99.4 Å². The molecule has 62 heavy (non-hydrogen) atoms. The van der Waals surface area contributed by atoms with Crippen LogP contribution in [0.3, 0.4) is 0 Å². The van der Waals surface area contributed by atoms with Gasteiger partial charge < -0.3 is 9.88 Å². The van der Waals surface area contributed by atoms with Crippen molar-refractivity contribution < 1.29 is 0 Å². The minimum atomic E-state index is 0.00539. The zero-order chi connectivity index (χ0) is 41.8. The molecule has 0 bridgehead atoms. The van der Waals surface area contributed by atoms with Crippen molar-refractivity contribution >= 4 is 146 Å². The molecule has 6 heteroatoms. The number of fused-ring (bicyclic) bond motifs is 15. The highest BCUT2D eigenvalue weighted by molar-refractivity contribution is 7.27. The fourth-order valence-electron chi connectivity index (χ4n) is 10.4. The Morgan fingerprint density at radius 2 is 1.10 bits per heavy atom. The van der Waals surface area contributed by atoms with Gasteiger partial charge in [-0.2, -0.15) is 0 Å². The van der Waals surface area contributed by atoms with Gasteiger partial charge in [-0.05, 0) is 99.7 Å². The number of nitrogens with one attached hydrogen (secondary N) is 1. The molecule has 0 saturated heterocycles. The van der Waals surface area contributed by atoms with E-state index in [1.54, 1.807) is 0 Å². The second kappa shape index (κ2) is 12.8. The van der Waals surface area contributed by atoms with E-state index in [0.717, 1.165) is 18.7 Å². The Labute approximate surface area is 373 Å². The molecule has 298 valence electrons. The summed E-state index contributed by atoms with van der Waals surface area (Å²) >= 11 is 5.77. The fraction of sp³-hybridized carbons (Fsp3) is 0.143. The molecule has 0 saturated carbocycles. The molecule has 5 heterocycles. The first-order chi connectivity index (χ1) is 30.0. The van der Waals surface area contributed by atoms with Crippen LogP contribution in [-0.2, 0) is 10.8 Å². The third-order valence-electron chi connectivity index (χ3n) is 13.5. The van der Waals surface area contributed by atoms with Gasteiger partial charge in [0.05, 0.1) is 5.52 Å². The number of thiophene rings is 3. The van der Waals surface area contributed by atoms with Crippen molar-refractivity contribution in [1.29, 1.82) is 0 Å². The van der Waals surface area contributed by atoms with Gasteiger partial charge in [0.15, 0.2) is 7.28 Å². The lowest BCUT2D eigenvalue weighted by atomic mass is 9.58. The number of anilines is 2. The van der Waals surface area contributed by atoms with E-state index in [1.165, 1.54) is 121 Å². The first-order valence-corrected chi connectivity index (χ1v) is 24.2. The summed E-state index contributed by atoms with van der Waals surface area (Å²) in [5.41, 5.74) is 14.3. The quantitative estimate of drug-likeness (QED) is 0.175. The predicted molar refractivity (Wildman–Crippen MR) is 278 cm³/mol. The molecule has 2 nitrogen and oxygen atoms in total. The van der Waals surface area contributed by atoms with E-state index in [1.807, 2.05) is 34.0 Å². The van der Waals surface area contributed by atoms with Gasteiger partial charge in [0.1, 0.15) is 0 Å². The van der Waals surface area contributed by atoms with Crippen molar-refractivity contribution in [3.63, 3.8) is 0 Å². The summed E-state index contributed by atoms with van der Waals surface area (Å²) < 4.78 is 10.7. The third-order valence-corrected chi connectivity index (χ3v) is 17.0. The number of benzene rings is 8. The van der Waals surface area contributed by atoms with E-state index in [-0.39, 0.29) is 10.8 Å². The summed E-state index contributed by atoms with van der Waals surface area (Å²) in [6.07, 6.45) is 0. The van der Waals surface area contributed by atoms with Crippen LogP contribution in [0.4, 0.5) is 11.4 Å². The molecule has 1 N–H and O–H groups in total. The van der Waals surface area contributed by atoms with E-state index in [0.29, 0.717) is 0 Å². The summed E-state index contributed by atoms with van der Waals surface area (Å²) in [4.78, 5) is 0. The zero-order valence-electron chi connectivity index (χ0n) is 35.7. The predicted octanol–water partition coefficient (Wildman–Crippen LogP) is 15.6. The summed E-state index contributed by atoms with van der Waals surface area (Å²) in [7, 11) is 0.847. The van der Waals surface area contributed by atoms with Crippen molar-refractivity contribution in [1.82, 2.24) is 4.57 Å². The number of nitrogens with zero attached hydrogens (tertiary/aromatic N) is 1. The first-order valence-electron chi connectivity index (χ1n) is 21.7. The maximum atomic E-state index is 4.03. The zero-order valence-corrected chi connectivity index (χ0v) is 38.1. The van der Waals surface area contributed by atoms with Crippen molar-refractivity contribution in [3.05, 3.63) is 151 Å². The standard InChI is InChI=1S/C56H43BN2S3/c1-55(2,3)30-19-22-32(23-20-30)58-41-29-48-36(33-13-7-10-16-44(33)61-48)26-38(41)51-52-53-49(50-35-15-9-12-18-46(35)62-54(50)51)39-25-31(56(4,5)6)21-24-42(39)59(53)43-27-37-34-14-8-11-17-45(34)60-47(37)28-40(43)57-52/h7-29,57-58H,1-6H3. The molecule has 0 fully saturated rings. The molecule has 0 atom stereocenters. The molecule has 0 amide bonds. The Morgan fingerprint density at radius 1 is 0.500 bits per heavy atom. The van der Waals surface area contributed by atoms with Gasteiger partial charge in [-0.15, -0.1) is 34.0 Å². The van der Waals surface area contributed by atoms with Gasteiger partial charge in [-0.25, -0.2) is 0 Å². The van der Waals surface area contributed by atoms with Crippen LogP contribution in [0.2, 0.25) is 0 Å². The van der Waals surface area contributed by atoms with Gasteiger partial charge in [-0.3, -0.25) is 0 Å². The van der Waals surface area contributed by atoms with E-state index < -0.39 is 0 Å². The maximum absolute atomic E-state index is 4.03. The molecule has 0 aliphatic carbocycles. The van der Waals surface area contributed by atoms with E-state index in [9.17, 15) is 0 Å². The molecular formula is C56H43BN2S3. The van der Waals surface area contributed by atoms with Gasteiger partial charge in [0.2, 0.25) is 0 Å². The Bertz CT molecular complexity index is 3880. The Morgan fingerprint density at radius 3 is 1.77 bits per heavy atom. The second-order valence-electron chi connectivity index (χ2n) is 19.4. The Kier molecular flexibility index (Phi) is 7.59. The molecule has 13 rings (SSSR count). The van der Waals surface area contributed by atoms with E-state index in [4.69, 9.17) is 0 Å². The average molecular weight is 851 g/mol. The number of rotatable bonds is 3. The van der Waals surface area contributed by atoms with Gasteiger partial charge in [0.25, 0.3) is 0 Å². The Hall–Kier alpha value is -5.92. The smallest absolute Gasteiger partial charge is 0.198 e.